The van der Waals surface area contributed by atoms with Gasteiger partial charge in [0, 0.05) is 61.1 Å². The van der Waals surface area contributed by atoms with Gasteiger partial charge in [0.05, 0.1) is 0 Å². The van der Waals surface area contributed by atoms with Crippen molar-refractivity contribution in [1.29, 1.82) is 0 Å². The summed E-state index contributed by atoms with van der Waals surface area (Å²) in [6.45, 7) is 11.9. The fourth-order valence-corrected chi connectivity index (χ4v) is 8.37. The molecule has 0 N–H and O–H groups in total. The van der Waals surface area contributed by atoms with Gasteiger partial charge in [-0.3, -0.25) is 13.0 Å². The standard InChI is InChI=1S/C33H36N4O2P2/c1-25-16-23-37(24-25)41(36-21-10-11-22-36)39-31-15-13-27(3)29(5)33(31)32-28(4)26(2)12-14-30(32)38-40(34-17-6-7-18-34)35-19-8-9-20-35/h6-23,25H,24H2,1-5H3. The number of hydrogen-bond donors (Lipinski definition) is 0. The molecule has 0 fully saturated rings. The Morgan fingerprint density at radius 1 is 0.610 bits per heavy atom. The maximum absolute atomic E-state index is 7.05. The zero-order valence-corrected chi connectivity index (χ0v) is 26.0. The Morgan fingerprint density at radius 3 is 1.44 bits per heavy atom. The highest BCUT2D eigenvalue weighted by Crippen LogP contribution is 2.53. The van der Waals surface area contributed by atoms with E-state index in [-0.39, 0.29) is 0 Å². The molecule has 8 heteroatoms. The largest absolute Gasteiger partial charge is 0.436 e. The number of nitrogens with zero attached hydrogens (tertiary/aromatic N) is 4. The van der Waals surface area contributed by atoms with E-state index < -0.39 is 16.9 Å². The predicted octanol–water partition coefficient (Wildman–Crippen LogP) is 9.31. The molecule has 0 spiro atoms. The van der Waals surface area contributed by atoms with Crippen LogP contribution in [-0.4, -0.2) is 24.2 Å². The average Bonchev–Trinajstić information content (AvgIpc) is 3.79. The number of rotatable bonds is 9. The Bertz CT molecular complexity index is 1610. The number of hydrogen-bond acceptors (Lipinski definition) is 3. The molecule has 0 amide bonds. The van der Waals surface area contributed by atoms with Crippen molar-refractivity contribution in [2.45, 2.75) is 34.6 Å². The minimum absolute atomic E-state index is 0.485. The second-order valence-corrected chi connectivity index (χ2v) is 13.9. The summed E-state index contributed by atoms with van der Waals surface area (Å²) in [4.78, 5) is 0. The lowest BCUT2D eigenvalue weighted by atomic mass is 9.90. The van der Waals surface area contributed by atoms with Crippen LogP contribution in [0.1, 0.15) is 29.2 Å². The summed E-state index contributed by atoms with van der Waals surface area (Å²) < 4.78 is 22.8. The van der Waals surface area contributed by atoms with Gasteiger partial charge >= 0.3 is 16.9 Å². The van der Waals surface area contributed by atoms with E-state index in [0.717, 1.165) is 29.2 Å². The summed E-state index contributed by atoms with van der Waals surface area (Å²) >= 11 is 0. The lowest BCUT2D eigenvalue weighted by Crippen LogP contribution is -2.18. The summed E-state index contributed by atoms with van der Waals surface area (Å²) in [7, 11) is -2.33. The molecular weight excluding hydrogens is 546 g/mol. The fraction of sp³-hybridized carbons (Fsp3) is 0.212. The molecule has 6 rings (SSSR count). The van der Waals surface area contributed by atoms with E-state index >= 15 is 0 Å². The van der Waals surface area contributed by atoms with Crippen LogP contribution in [0, 0.1) is 33.6 Å². The van der Waals surface area contributed by atoms with Crippen LogP contribution in [0.25, 0.3) is 11.1 Å². The van der Waals surface area contributed by atoms with Crippen molar-refractivity contribution in [3.05, 3.63) is 132 Å². The van der Waals surface area contributed by atoms with Crippen molar-refractivity contribution in [2.75, 3.05) is 6.54 Å². The van der Waals surface area contributed by atoms with Crippen LogP contribution in [0.5, 0.6) is 11.5 Å². The minimum atomic E-state index is -1.19. The first-order valence-electron chi connectivity index (χ1n) is 13.9. The van der Waals surface area contributed by atoms with E-state index in [1.807, 2.05) is 24.3 Å². The second-order valence-electron chi connectivity index (χ2n) is 10.6. The highest BCUT2D eigenvalue weighted by atomic mass is 31.2. The van der Waals surface area contributed by atoms with E-state index in [2.05, 4.69) is 138 Å². The second kappa shape index (κ2) is 11.6. The molecule has 5 aromatic rings. The summed E-state index contributed by atoms with van der Waals surface area (Å²) in [6, 6.07) is 20.8. The highest BCUT2D eigenvalue weighted by molar-refractivity contribution is 7.49. The minimum Gasteiger partial charge on any atom is -0.436 e. The van der Waals surface area contributed by atoms with Crippen molar-refractivity contribution >= 4 is 16.9 Å². The van der Waals surface area contributed by atoms with Gasteiger partial charge in [0.2, 0.25) is 0 Å². The highest BCUT2D eigenvalue weighted by Gasteiger charge is 2.29. The van der Waals surface area contributed by atoms with Gasteiger partial charge in [0.1, 0.15) is 11.5 Å². The van der Waals surface area contributed by atoms with E-state index in [9.17, 15) is 0 Å². The Hall–Kier alpha value is -3.72. The van der Waals surface area contributed by atoms with Gasteiger partial charge in [0.15, 0.2) is 0 Å². The normalized spacial score (nSPS) is 15.6. The number of benzene rings is 2. The molecule has 0 aliphatic carbocycles. The van der Waals surface area contributed by atoms with Crippen LogP contribution >= 0.6 is 16.9 Å². The van der Waals surface area contributed by atoms with Gasteiger partial charge < -0.3 is 13.7 Å². The molecule has 3 aromatic heterocycles. The van der Waals surface area contributed by atoms with Gasteiger partial charge in [-0.15, -0.1) is 0 Å². The molecule has 0 radical (unpaired) electrons. The van der Waals surface area contributed by atoms with Gasteiger partial charge in [-0.1, -0.05) is 25.1 Å². The first-order chi connectivity index (χ1) is 19.9. The quantitative estimate of drug-likeness (QED) is 0.163. The predicted molar refractivity (Wildman–Crippen MR) is 170 cm³/mol. The summed E-state index contributed by atoms with van der Waals surface area (Å²) in [5.74, 6) is 2.20. The molecule has 0 saturated heterocycles. The Kier molecular flexibility index (Phi) is 7.79. The Morgan fingerprint density at radius 2 is 1.02 bits per heavy atom. The van der Waals surface area contributed by atoms with Crippen LogP contribution < -0.4 is 9.05 Å². The lowest BCUT2D eigenvalue weighted by molar-refractivity contribution is 0.487. The first-order valence-corrected chi connectivity index (χ1v) is 16.3. The maximum atomic E-state index is 7.05. The molecule has 2 atom stereocenters. The van der Waals surface area contributed by atoms with E-state index in [1.54, 1.807) is 0 Å². The van der Waals surface area contributed by atoms with E-state index in [4.69, 9.17) is 9.05 Å². The van der Waals surface area contributed by atoms with E-state index in [0.29, 0.717) is 5.92 Å². The van der Waals surface area contributed by atoms with Crippen molar-refractivity contribution in [2.24, 2.45) is 5.92 Å². The molecule has 210 valence electrons. The van der Waals surface area contributed by atoms with Gasteiger partial charge in [-0.05, 0) is 104 Å². The zero-order chi connectivity index (χ0) is 28.5. The Balaban J connectivity index is 1.48. The van der Waals surface area contributed by atoms with Crippen LogP contribution in [0.3, 0.4) is 0 Å². The molecule has 2 aromatic carbocycles. The van der Waals surface area contributed by atoms with E-state index in [1.165, 1.54) is 22.3 Å². The summed E-state index contributed by atoms with van der Waals surface area (Å²) in [5, 5.41) is 0. The van der Waals surface area contributed by atoms with Crippen LogP contribution in [-0.2, 0) is 0 Å². The summed E-state index contributed by atoms with van der Waals surface area (Å²) in [5.41, 5.74) is 7.00. The lowest BCUT2D eigenvalue weighted by Gasteiger charge is -2.30. The molecule has 0 saturated carbocycles. The zero-order valence-electron chi connectivity index (χ0n) is 24.2. The third-order valence-electron chi connectivity index (χ3n) is 7.65. The fourth-order valence-electron chi connectivity index (χ4n) is 5.09. The van der Waals surface area contributed by atoms with Gasteiger partial charge in [-0.2, -0.15) is 0 Å². The number of aryl methyl sites for hydroxylation is 2. The number of aromatic nitrogens is 3. The van der Waals surface area contributed by atoms with Crippen molar-refractivity contribution in [1.82, 2.24) is 17.7 Å². The van der Waals surface area contributed by atoms with Crippen molar-refractivity contribution in [3.8, 4) is 22.6 Å². The monoisotopic (exact) mass is 582 g/mol. The molecule has 4 heterocycles. The van der Waals surface area contributed by atoms with Crippen LogP contribution in [0.2, 0.25) is 0 Å². The maximum Gasteiger partial charge on any atom is 0.317 e. The molecular formula is C33H36N4O2P2. The topological polar surface area (TPSA) is 36.5 Å². The first kappa shape index (κ1) is 27.4. The van der Waals surface area contributed by atoms with Crippen molar-refractivity contribution in [3.63, 3.8) is 0 Å². The SMILES string of the molecule is Cc1ccc(OP(N2C=CC(C)C2)n2cccc2)c(-c2c(OP(n3cccc3)n3cccc3)ccc(C)c2C)c1C. The Labute approximate surface area is 245 Å². The van der Waals surface area contributed by atoms with Crippen molar-refractivity contribution < 1.29 is 9.05 Å². The van der Waals surface area contributed by atoms with Gasteiger partial charge in [0.25, 0.3) is 0 Å². The molecule has 0 bridgehead atoms. The summed E-state index contributed by atoms with van der Waals surface area (Å²) in [6.07, 6.45) is 16.9. The smallest absolute Gasteiger partial charge is 0.317 e. The molecule has 41 heavy (non-hydrogen) atoms. The van der Waals surface area contributed by atoms with Gasteiger partial charge in [-0.25, -0.2) is 0 Å². The molecule has 6 nitrogen and oxygen atoms in total. The van der Waals surface area contributed by atoms with Crippen LogP contribution in [0.15, 0.2) is 110 Å². The third-order valence-corrected chi connectivity index (χ3v) is 11.1. The third kappa shape index (κ3) is 5.47. The molecule has 1 aliphatic heterocycles. The molecule has 2 unspecified atom stereocenters. The average molecular weight is 583 g/mol. The van der Waals surface area contributed by atoms with Crippen LogP contribution in [0.4, 0.5) is 0 Å². The molecule has 1 aliphatic rings.